The first-order chi connectivity index (χ1) is 10.2. The Balaban J connectivity index is 2.26. The lowest BCUT2D eigenvalue weighted by Gasteiger charge is -2.16. The lowest BCUT2D eigenvalue weighted by Crippen LogP contribution is -2.00. The topological polar surface area (TPSA) is 58.9 Å². The number of hydrogen-bond acceptors (Lipinski definition) is 4. The summed E-state index contributed by atoms with van der Waals surface area (Å²) in [5.74, 6) is 1.84. The van der Waals surface area contributed by atoms with Gasteiger partial charge in [0.05, 0.1) is 18.8 Å². The van der Waals surface area contributed by atoms with Gasteiger partial charge in [-0.05, 0) is 43.2 Å². The van der Waals surface area contributed by atoms with Crippen molar-refractivity contribution in [3.05, 3.63) is 53.6 Å². The second-order valence-corrected chi connectivity index (χ2v) is 4.77. The third-order valence-electron chi connectivity index (χ3n) is 3.22. The molecule has 0 aromatic heterocycles. The lowest BCUT2D eigenvalue weighted by molar-refractivity contribution is 0.190. The summed E-state index contributed by atoms with van der Waals surface area (Å²) in [5, 5.41) is 18.8. The van der Waals surface area contributed by atoms with Gasteiger partial charge in [0.25, 0.3) is 0 Å². The molecule has 0 amide bonds. The van der Waals surface area contributed by atoms with E-state index < -0.39 is 6.10 Å². The Labute approximate surface area is 124 Å². The summed E-state index contributed by atoms with van der Waals surface area (Å²) in [6.45, 7) is 1.80. The SMILES string of the molecule is COc1cccc(Oc2ccc(CCO)cc2)c1[C@@H](C)O. The molecule has 0 fully saturated rings. The van der Waals surface area contributed by atoms with Crippen molar-refractivity contribution in [2.24, 2.45) is 0 Å². The van der Waals surface area contributed by atoms with Crippen molar-refractivity contribution in [2.45, 2.75) is 19.4 Å². The molecule has 0 heterocycles. The summed E-state index contributed by atoms with van der Waals surface area (Å²) in [6.07, 6.45) is -0.0666. The summed E-state index contributed by atoms with van der Waals surface area (Å²) in [6, 6.07) is 12.9. The van der Waals surface area contributed by atoms with E-state index in [9.17, 15) is 5.11 Å². The van der Waals surface area contributed by atoms with Crippen LogP contribution in [0, 0.1) is 0 Å². The average Bonchev–Trinajstić information content (AvgIpc) is 2.49. The van der Waals surface area contributed by atoms with Crippen molar-refractivity contribution >= 4 is 0 Å². The number of ether oxygens (including phenoxy) is 2. The Hall–Kier alpha value is -2.04. The molecule has 0 aliphatic rings. The standard InChI is InChI=1S/C17H20O4/c1-12(19)17-15(20-2)4-3-5-16(17)21-14-8-6-13(7-9-14)10-11-18/h3-9,12,18-19H,10-11H2,1-2H3/t12-/m1/s1. The van der Waals surface area contributed by atoms with Gasteiger partial charge in [-0.25, -0.2) is 0 Å². The second kappa shape index (κ2) is 7.11. The molecule has 4 heteroatoms. The third-order valence-corrected chi connectivity index (χ3v) is 3.22. The fourth-order valence-corrected chi connectivity index (χ4v) is 2.18. The van der Waals surface area contributed by atoms with E-state index >= 15 is 0 Å². The Morgan fingerprint density at radius 1 is 1.05 bits per heavy atom. The highest BCUT2D eigenvalue weighted by Crippen LogP contribution is 2.36. The van der Waals surface area contributed by atoms with Gasteiger partial charge < -0.3 is 19.7 Å². The van der Waals surface area contributed by atoms with Crippen LogP contribution in [0.15, 0.2) is 42.5 Å². The van der Waals surface area contributed by atoms with Crippen LogP contribution in [0.5, 0.6) is 17.2 Å². The Morgan fingerprint density at radius 3 is 2.29 bits per heavy atom. The van der Waals surface area contributed by atoms with Crippen LogP contribution >= 0.6 is 0 Å². The average molecular weight is 288 g/mol. The van der Waals surface area contributed by atoms with Crippen LogP contribution < -0.4 is 9.47 Å². The molecule has 2 aromatic rings. The van der Waals surface area contributed by atoms with Gasteiger partial charge in [-0.1, -0.05) is 18.2 Å². The van der Waals surface area contributed by atoms with E-state index in [4.69, 9.17) is 14.6 Å². The normalized spacial score (nSPS) is 12.0. The second-order valence-electron chi connectivity index (χ2n) is 4.77. The minimum atomic E-state index is -0.690. The van der Waals surface area contributed by atoms with E-state index in [0.717, 1.165) is 5.56 Å². The van der Waals surface area contributed by atoms with Crippen molar-refractivity contribution < 1.29 is 19.7 Å². The van der Waals surface area contributed by atoms with E-state index in [1.807, 2.05) is 30.3 Å². The molecule has 0 saturated carbocycles. The molecule has 0 aliphatic carbocycles. The minimum Gasteiger partial charge on any atom is -0.496 e. The van der Waals surface area contributed by atoms with Gasteiger partial charge >= 0.3 is 0 Å². The molecule has 2 aromatic carbocycles. The molecular formula is C17H20O4. The number of hydrogen-bond donors (Lipinski definition) is 2. The van der Waals surface area contributed by atoms with E-state index in [0.29, 0.717) is 29.2 Å². The Bertz CT molecular complexity index is 576. The zero-order valence-corrected chi connectivity index (χ0v) is 12.2. The van der Waals surface area contributed by atoms with Crippen molar-refractivity contribution in [3.63, 3.8) is 0 Å². The molecule has 0 radical (unpaired) electrons. The highest BCUT2D eigenvalue weighted by molar-refractivity contribution is 5.48. The maximum atomic E-state index is 9.92. The maximum absolute atomic E-state index is 9.92. The predicted molar refractivity (Wildman–Crippen MR) is 80.9 cm³/mol. The number of methoxy groups -OCH3 is 1. The van der Waals surface area contributed by atoms with Gasteiger partial charge in [-0.2, -0.15) is 0 Å². The fraction of sp³-hybridized carbons (Fsp3) is 0.294. The molecule has 4 nitrogen and oxygen atoms in total. The number of aliphatic hydroxyl groups is 2. The van der Waals surface area contributed by atoms with Gasteiger partial charge in [-0.3, -0.25) is 0 Å². The van der Waals surface area contributed by atoms with Crippen molar-refractivity contribution in [2.75, 3.05) is 13.7 Å². The van der Waals surface area contributed by atoms with Gasteiger partial charge in [-0.15, -0.1) is 0 Å². The fourth-order valence-electron chi connectivity index (χ4n) is 2.18. The first-order valence-electron chi connectivity index (χ1n) is 6.88. The third kappa shape index (κ3) is 3.74. The zero-order valence-electron chi connectivity index (χ0n) is 12.2. The molecular weight excluding hydrogens is 268 g/mol. The minimum absolute atomic E-state index is 0.127. The van der Waals surface area contributed by atoms with Gasteiger partial charge in [0.2, 0.25) is 0 Å². The largest absolute Gasteiger partial charge is 0.496 e. The molecule has 21 heavy (non-hydrogen) atoms. The highest BCUT2D eigenvalue weighted by Gasteiger charge is 2.15. The molecule has 112 valence electrons. The van der Waals surface area contributed by atoms with Gasteiger partial charge in [0.1, 0.15) is 17.2 Å². The molecule has 0 spiro atoms. The van der Waals surface area contributed by atoms with Crippen LogP contribution in [0.4, 0.5) is 0 Å². The van der Waals surface area contributed by atoms with Gasteiger partial charge in [0, 0.05) is 6.61 Å². The van der Waals surface area contributed by atoms with Gasteiger partial charge in [0.15, 0.2) is 0 Å². The molecule has 0 saturated heterocycles. The molecule has 0 aliphatic heterocycles. The first-order valence-corrected chi connectivity index (χ1v) is 6.88. The predicted octanol–water partition coefficient (Wildman–Crippen LogP) is 3.08. The number of aliphatic hydroxyl groups excluding tert-OH is 2. The molecule has 1 atom stereocenters. The Morgan fingerprint density at radius 2 is 1.71 bits per heavy atom. The number of rotatable bonds is 6. The van der Waals surface area contributed by atoms with Crippen LogP contribution in [0.1, 0.15) is 24.2 Å². The maximum Gasteiger partial charge on any atom is 0.136 e. The monoisotopic (exact) mass is 288 g/mol. The van der Waals surface area contributed by atoms with Crippen LogP contribution in [-0.4, -0.2) is 23.9 Å². The van der Waals surface area contributed by atoms with Crippen molar-refractivity contribution in [3.8, 4) is 17.2 Å². The molecule has 0 bridgehead atoms. The van der Waals surface area contributed by atoms with E-state index in [1.165, 1.54) is 0 Å². The van der Waals surface area contributed by atoms with Crippen LogP contribution in [-0.2, 0) is 6.42 Å². The molecule has 0 unspecified atom stereocenters. The smallest absolute Gasteiger partial charge is 0.136 e. The van der Waals surface area contributed by atoms with Crippen LogP contribution in [0.2, 0.25) is 0 Å². The quantitative estimate of drug-likeness (QED) is 0.857. The summed E-state index contributed by atoms with van der Waals surface area (Å²) < 4.78 is 11.1. The first kappa shape index (κ1) is 15.4. The number of benzene rings is 2. The van der Waals surface area contributed by atoms with E-state index in [1.54, 1.807) is 26.2 Å². The zero-order chi connectivity index (χ0) is 15.2. The van der Waals surface area contributed by atoms with Crippen LogP contribution in [0.3, 0.4) is 0 Å². The van der Waals surface area contributed by atoms with Crippen LogP contribution in [0.25, 0.3) is 0 Å². The Kier molecular flexibility index (Phi) is 5.20. The van der Waals surface area contributed by atoms with Crippen molar-refractivity contribution in [1.29, 1.82) is 0 Å². The molecule has 2 N–H and O–H groups in total. The summed E-state index contributed by atoms with van der Waals surface area (Å²) in [4.78, 5) is 0. The summed E-state index contributed by atoms with van der Waals surface area (Å²) >= 11 is 0. The van der Waals surface area contributed by atoms with E-state index in [2.05, 4.69) is 0 Å². The highest BCUT2D eigenvalue weighted by atomic mass is 16.5. The van der Waals surface area contributed by atoms with Crippen molar-refractivity contribution in [1.82, 2.24) is 0 Å². The van der Waals surface area contributed by atoms with E-state index in [-0.39, 0.29) is 6.61 Å². The summed E-state index contributed by atoms with van der Waals surface area (Å²) in [7, 11) is 1.56. The summed E-state index contributed by atoms with van der Waals surface area (Å²) in [5.41, 5.74) is 1.67. The molecule has 2 rings (SSSR count). The lowest BCUT2D eigenvalue weighted by atomic mass is 10.1.